The second kappa shape index (κ2) is 16.8. The second-order valence-corrected chi connectivity index (χ2v) is 13.8. The molecule has 17 heteroatoms. The molecule has 1 N–H and O–H groups in total. The predicted molar refractivity (Wildman–Crippen MR) is 178 cm³/mol. The first-order valence-corrected chi connectivity index (χ1v) is 16.7. The van der Waals surface area contributed by atoms with E-state index in [0.717, 1.165) is 32.7 Å². The normalized spacial score (nSPS) is 15.5. The summed E-state index contributed by atoms with van der Waals surface area (Å²) in [4.78, 5) is 45.1. The molecule has 1 aliphatic rings. The fraction of sp³-hybridized carbons (Fsp3) is 0.500. The summed E-state index contributed by atoms with van der Waals surface area (Å²) in [5.41, 5.74) is 2.45. The Kier molecular flexibility index (Phi) is 14.2. The fourth-order valence-corrected chi connectivity index (χ4v) is 5.24. The highest BCUT2D eigenvalue weighted by molar-refractivity contribution is 8.13. The molecule has 0 radical (unpaired) electrons. The first-order valence-electron chi connectivity index (χ1n) is 13.5. The van der Waals surface area contributed by atoms with Gasteiger partial charge >= 0.3 is 12.2 Å². The van der Waals surface area contributed by atoms with E-state index >= 15 is 0 Å². The Balaban J connectivity index is 0.000000318. The molecule has 1 heterocycles. The summed E-state index contributed by atoms with van der Waals surface area (Å²) < 4.78 is 29.6. The molecule has 45 heavy (non-hydrogen) atoms. The molecule has 0 spiro atoms. The maximum atomic E-state index is 13.1. The van der Waals surface area contributed by atoms with Gasteiger partial charge < -0.3 is 5.32 Å². The second-order valence-electron chi connectivity index (χ2n) is 10.5. The third-order valence-corrected chi connectivity index (χ3v) is 8.67. The number of thioether (sulfide) groups is 2. The van der Waals surface area contributed by atoms with E-state index < -0.39 is 30.2 Å². The van der Waals surface area contributed by atoms with Gasteiger partial charge in [0.1, 0.15) is 15.8 Å². The topological polar surface area (TPSA) is 131 Å². The van der Waals surface area contributed by atoms with Gasteiger partial charge in [-0.15, -0.1) is 23.5 Å². The number of anilines is 1. The summed E-state index contributed by atoms with van der Waals surface area (Å²) in [7, 11) is 4.40. The molecule has 1 aromatic heterocycles. The summed E-state index contributed by atoms with van der Waals surface area (Å²) in [5.74, 6) is -0.251. The summed E-state index contributed by atoms with van der Waals surface area (Å²) in [6.07, 6.45) is 1.73. The Labute approximate surface area is 274 Å². The molecule has 0 saturated carbocycles. The molecule has 1 unspecified atom stereocenters. The molecule has 3 amide bonds. The molecule has 12 nitrogen and oxygen atoms in total. The zero-order valence-electron chi connectivity index (χ0n) is 26.9. The van der Waals surface area contributed by atoms with Crippen LogP contribution in [-0.2, 0) is 22.1 Å². The lowest BCUT2D eigenvalue weighted by atomic mass is 9.86. The third-order valence-electron chi connectivity index (χ3n) is 6.56. The van der Waals surface area contributed by atoms with Crippen LogP contribution < -0.4 is 5.32 Å². The highest BCUT2D eigenvalue weighted by atomic mass is 32.2. The van der Waals surface area contributed by atoms with Gasteiger partial charge in [0.15, 0.2) is 0 Å². The Morgan fingerprint density at radius 3 is 2.09 bits per heavy atom. The van der Waals surface area contributed by atoms with Crippen LogP contribution in [-0.4, -0.2) is 73.2 Å². The van der Waals surface area contributed by atoms with Gasteiger partial charge in [0.25, 0.3) is 12.3 Å². The number of oxime groups is 2. The van der Waals surface area contributed by atoms with Gasteiger partial charge in [0.2, 0.25) is 0 Å². The number of aromatic nitrogens is 2. The number of benzene rings is 1. The monoisotopic (exact) mass is 687 g/mol. The van der Waals surface area contributed by atoms with Crippen molar-refractivity contribution in [1.29, 1.82) is 0 Å². The molecule has 0 fully saturated rings. The summed E-state index contributed by atoms with van der Waals surface area (Å²) in [6.45, 7) is 9.90. The number of alkyl halides is 2. The molecule has 0 bridgehead atoms. The summed E-state index contributed by atoms with van der Waals surface area (Å²) in [5, 5.41) is 14.9. The first kappa shape index (κ1) is 37.9. The van der Waals surface area contributed by atoms with E-state index in [1.807, 2.05) is 24.6 Å². The lowest BCUT2D eigenvalue weighted by Gasteiger charge is -2.19. The number of aryl methyl sites for hydroxylation is 1. The molecule has 1 aliphatic carbocycles. The van der Waals surface area contributed by atoms with Crippen molar-refractivity contribution >= 4 is 69.5 Å². The lowest BCUT2D eigenvalue weighted by Crippen LogP contribution is -2.28. The zero-order chi connectivity index (χ0) is 34.1. The molecular weight excluding hydrogens is 649 g/mol. The Bertz CT molecular complexity index is 1400. The van der Waals surface area contributed by atoms with Gasteiger partial charge in [0, 0.05) is 33.0 Å². The number of halogens is 2. The van der Waals surface area contributed by atoms with Crippen molar-refractivity contribution < 1.29 is 32.8 Å². The van der Waals surface area contributed by atoms with E-state index in [0.29, 0.717) is 21.7 Å². The molecule has 1 aromatic carbocycles. The van der Waals surface area contributed by atoms with Gasteiger partial charge in [0.05, 0.1) is 17.7 Å². The maximum Gasteiger partial charge on any atom is 0.447 e. The molecular formula is C28H39F2N7O5S3. The molecule has 0 aliphatic heterocycles. The van der Waals surface area contributed by atoms with Gasteiger partial charge in [-0.1, -0.05) is 43.2 Å². The van der Waals surface area contributed by atoms with Crippen LogP contribution in [0.25, 0.3) is 0 Å². The quantitative estimate of drug-likeness (QED) is 0.104. The van der Waals surface area contributed by atoms with Gasteiger partial charge in [-0.05, 0) is 61.3 Å². The average Bonchev–Trinajstić information content (AvgIpc) is 3.50. The van der Waals surface area contributed by atoms with E-state index in [4.69, 9.17) is 0 Å². The minimum absolute atomic E-state index is 0.0396. The Morgan fingerprint density at radius 1 is 1.07 bits per heavy atom. The van der Waals surface area contributed by atoms with Crippen LogP contribution in [0.15, 0.2) is 34.7 Å². The van der Waals surface area contributed by atoms with Crippen LogP contribution in [0.1, 0.15) is 80.6 Å². The first-order chi connectivity index (χ1) is 21.0. The summed E-state index contributed by atoms with van der Waals surface area (Å²) in [6, 6.07) is 5.79. The van der Waals surface area contributed by atoms with Gasteiger partial charge in [-0.2, -0.15) is 5.10 Å². The van der Waals surface area contributed by atoms with Crippen molar-refractivity contribution in [2.75, 3.05) is 31.9 Å². The number of carbonyl (C=O) groups excluding carboxylic acids is 3. The van der Waals surface area contributed by atoms with Crippen molar-refractivity contribution in [3.05, 3.63) is 46.8 Å². The largest absolute Gasteiger partial charge is 0.447 e. The smallest absolute Gasteiger partial charge is 0.322 e. The van der Waals surface area contributed by atoms with Crippen LogP contribution >= 0.6 is 35.7 Å². The minimum Gasteiger partial charge on any atom is -0.322 e. The van der Waals surface area contributed by atoms with Crippen molar-refractivity contribution in [2.24, 2.45) is 17.4 Å². The van der Waals surface area contributed by atoms with E-state index in [2.05, 4.69) is 57.2 Å². The third kappa shape index (κ3) is 10.6. The van der Waals surface area contributed by atoms with Crippen LogP contribution in [0.2, 0.25) is 0 Å². The number of amides is 3. The van der Waals surface area contributed by atoms with Crippen LogP contribution in [0, 0.1) is 0 Å². The minimum atomic E-state index is -2.79. The zero-order valence-corrected chi connectivity index (χ0v) is 29.3. The molecule has 3 rings (SSSR count). The number of fused-ring (bicyclic) bond motifs is 1. The molecule has 1 atom stereocenters. The molecule has 0 saturated heterocycles. The summed E-state index contributed by atoms with van der Waals surface area (Å²) >= 11 is 3.51. The van der Waals surface area contributed by atoms with E-state index in [-0.39, 0.29) is 11.0 Å². The number of nitrogens with one attached hydrogen (secondary N) is 1. The standard InChI is InChI=1S/C18H21F2N3O.C10H18N4O4S3/c1-10-8-18(2,3)12-6-5-7-13(14(10)12)21-17(24)11-9-23(4)22-15(11)16(19)20;1-7(19-5)11-17-9(15)13(3)21-14(4)10(16)18-12-8(2)20-6/h5-7,9-10,16H,8H2,1-4H3,(H,21,24);1-6H3/b;11-7+,12-8+. The fourth-order valence-electron chi connectivity index (χ4n) is 4.45. The van der Waals surface area contributed by atoms with E-state index in [1.165, 1.54) is 61.1 Å². The SMILES string of the molecule is CC1CC(C)(C)c2cccc(NC(=O)c3cn(C)nc3C(F)F)c21.CS/C(C)=N/OC(=O)N(C)SN(C)C(=O)O/N=C(\C)SC. The maximum absolute atomic E-state index is 13.1. The Morgan fingerprint density at radius 2 is 1.60 bits per heavy atom. The number of hydrogen-bond acceptors (Lipinski definition) is 11. The highest BCUT2D eigenvalue weighted by Gasteiger charge is 2.36. The van der Waals surface area contributed by atoms with Crippen molar-refractivity contribution in [3.63, 3.8) is 0 Å². The number of hydrogen-bond donors (Lipinski definition) is 1. The number of rotatable bonds is 7. The van der Waals surface area contributed by atoms with E-state index in [1.54, 1.807) is 13.8 Å². The molecule has 2 aromatic rings. The predicted octanol–water partition coefficient (Wildman–Crippen LogP) is 7.47. The number of carbonyl (C=O) groups is 3. The van der Waals surface area contributed by atoms with Crippen LogP contribution in [0.3, 0.4) is 0 Å². The van der Waals surface area contributed by atoms with Crippen molar-refractivity contribution in [1.82, 2.24) is 18.4 Å². The molecule has 248 valence electrons. The van der Waals surface area contributed by atoms with Crippen LogP contribution in [0.4, 0.5) is 24.1 Å². The number of nitrogens with zero attached hydrogens (tertiary/aromatic N) is 6. The Hall–Kier alpha value is -3.31. The van der Waals surface area contributed by atoms with Gasteiger partial charge in [-0.3, -0.25) is 19.2 Å². The van der Waals surface area contributed by atoms with Crippen molar-refractivity contribution in [3.8, 4) is 0 Å². The van der Waals surface area contributed by atoms with E-state index in [9.17, 15) is 23.2 Å². The highest BCUT2D eigenvalue weighted by Crippen LogP contribution is 2.48. The van der Waals surface area contributed by atoms with Gasteiger partial charge in [-0.25, -0.2) is 27.0 Å². The average molecular weight is 688 g/mol. The lowest BCUT2D eigenvalue weighted by molar-refractivity contribution is 0.101. The van der Waals surface area contributed by atoms with Crippen molar-refractivity contribution in [2.45, 2.75) is 58.8 Å². The van der Waals surface area contributed by atoms with Crippen LogP contribution in [0.5, 0.6) is 0 Å².